The second kappa shape index (κ2) is 4.60. The van der Waals surface area contributed by atoms with Crippen LogP contribution in [0.15, 0.2) is 0 Å². The molecule has 5 heteroatoms. The van der Waals surface area contributed by atoms with E-state index in [0.29, 0.717) is 12.8 Å². The summed E-state index contributed by atoms with van der Waals surface area (Å²) in [6, 6.07) is 0. The van der Waals surface area contributed by atoms with Crippen molar-refractivity contribution < 1.29 is 13.7 Å². The maximum Gasteiger partial charge on any atom is 0.476 e. The molecular weight excluding hydrogens is 217 g/mol. The van der Waals surface area contributed by atoms with Gasteiger partial charge in [0.25, 0.3) is 0 Å². The summed E-state index contributed by atoms with van der Waals surface area (Å²) in [5.41, 5.74) is -0.721. The average molecular weight is 237 g/mol. The number of halogens is 2. The Morgan fingerprint density at radius 3 is 2.07 bits per heavy atom. The van der Waals surface area contributed by atoms with Gasteiger partial charge >= 0.3 is 7.12 Å². The monoisotopic (exact) mass is 236 g/mol. The first-order valence-corrected chi connectivity index (χ1v) is 5.79. The van der Waals surface area contributed by atoms with Gasteiger partial charge in [-0.15, -0.1) is 11.6 Å². The SMILES string of the molecule is CC1(C)OB([C@@H](Cl)CCCF)OC1(C)C. The van der Waals surface area contributed by atoms with Crippen LogP contribution >= 0.6 is 11.6 Å². The molecule has 1 aliphatic rings. The first-order chi connectivity index (χ1) is 6.80. The molecule has 1 fully saturated rings. The van der Waals surface area contributed by atoms with Gasteiger partial charge in [-0.1, -0.05) is 0 Å². The van der Waals surface area contributed by atoms with Crippen molar-refractivity contribution in [2.45, 2.75) is 57.0 Å². The molecule has 0 aromatic carbocycles. The summed E-state index contributed by atoms with van der Waals surface area (Å²) in [4.78, 5) is 0. The van der Waals surface area contributed by atoms with Crippen LogP contribution in [0.1, 0.15) is 40.5 Å². The summed E-state index contributed by atoms with van der Waals surface area (Å²) in [5.74, 6) is 0. The minimum atomic E-state index is -0.428. The van der Waals surface area contributed by atoms with Gasteiger partial charge < -0.3 is 9.31 Å². The van der Waals surface area contributed by atoms with Crippen LogP contribution in [0.4, 0.5) is 4.39 Å². The molecule has 0 N–H and O–H groups in total. The third-order valence-electron chi connectivity index (χ3n) is 3.18. The Labute approximate surface area is 96.6 Å². The first kappa shape index (κ1) is 13.3. The van der Waals surface area contributed by atoms with E-state index in [0.717, 1.165) is 0 Å². The van der Waals surface area contributed by atoms with Crippen LogP contribution in [0.5, 0.6) is 0 Å². The molecule has 0 aromatic heterocycles. The molecule has 0 saturated carbocycles. The van der Waals surface area contributed by atoms with Gasteiger partial charge in [-0.05, 0) is 40.5 Å². The topological polar surface area (TPSA) is 18.5 Å². The Morgan fingerprint density at radius 1 is 1.20 bits per heavy atom. The lowest BCUT2D eigenvalue weighted by molar-refractivity contribution is 0.00578. The zero-order valence-corrected chi connectivity index (χ0v) is 10.6. The number of rotatable bonds is 4. The second-order valence-corrected chi connectivity index (χ2v) is 5.53. The van der Waals surface area contributed by atoms with E-state index < -0.39 is 7.12 Å². The first-order valence-electron chi connectivity index (χ1n) is 5.36. The molecule has 15 heavy (non-hydrogen) atoms. The molecule has 1 heterocycles. The highest BCUT2D eigenvalue weighted by Crippen LogP contribution is 2.38. The minimum absolute atomic E-state index is 0.276. The maximum absolute atomic E-state index is 12.0. The van der Waals surface area contributed by atoms with Gasteiger partial charge in [-0.25, -0.2) is 0 Å². The van der Waals surface area contributed by atoms with Crippen LogP contribution in [0.2, 0.25) is 0 Å². The van der Waals surface area contributed by atoms with E-state index in [1.54, 1.807) is 0 Å². The Hall–Kier alpha value is 0.205. The van der Waals surface area contributed by atoms with Crippen molar-refractivity contribution in [3.63, 3.8) is 0 Å². The molecule has 1 aliphatic heterocycles. The van der Waals surface area contributed by atoms with E-state index in [1.807, 2.05) is 27.7 Å². The zero-order chi connectivity index (χ0) is 11.7. The minimum Gasteiger partial charge on any atom is -0.402 e. The van der Waals surface area contributed by atoms with Crippen LogP contribution in [-0.4, -0.2) is 30.3 Å². The molecule has 0 amide bonds. The Morgan fingerprint density at radius 2 is 1.67 bits per heavy atom. The number of hydrogen-bond donors (Lipinski definition) is 0. The molecule has 0 spiro atoms. The quantitative estimate of drug-likeness (QED) is 0.552. The van der Waals surface area contributed by atoms with Crippen molar-refractivity contribution in [2.75, 3.05) is 6.67 Å². The van der Waals surface area contributed by atoms with Crippen molar-refractivity contribution in [3.8, 4) is 0 Å². The standard InChI is InChI=1S/C10H19BClFO2/c1-9(2)10(3,4)15-11(14-9)8(12)6-5-7-13/h8H,5-7H2,1-4H3/t8-/m0/s1. The second-order valence-electron chi connectivity index (χ2n) is 4.97. The van der Waals surface area contributed by atoms with E-state index in [9.17, 15) is 4.39 Å². The van der Waals surface area contributed by atoms with Crippen LogP contribution in [0.25, 0.3) is 0 Å². The normalized spacial score (nSPS) is 25.6. The predicted molar refractivity (Wildman–Crippen MR) is 60.9 cm³/mol. The Bertz CT molecular complexity index is 207. The smallest absolute Gasteiger partial charge is 0.402 e. The van der Waals surface area contributed by atoms with E-state index in [1.165, 1.54) is 0 Å². The van der Waals surface area contributed by atoms with E-state index in [2.05, 4.69) is 0 Å². The molecule has 1 saturated heterocycles. The van der Waals surface area contributed by atoms with Crippen molar-refractivity contribution >= 4 is 18.7 Å². The lowest BCUT2D eigenvalue weighted by Gasteiger charge is -2.32. The van der Waals surface area contributed by atoms with E-state index in [4.69, 9.17) is 20.9 Å². The van der Waals surface area contributed by atoms with Crippen LogP contribution in [0.3, 0.4) is 0 Å². The van der Waals surface area contributed by atoms with E-state index in [-0.39, 0.29) is 23.2 Å². The summed E-state index contributed by atoms with van der Waals surface area (Å²) < 4.78 is 23.5. The van der Waals surface area contributed by atoms with Gasteiger partial charge in [0.15, 0.2) is 0 Å². The molecule has 0 radical (unpaired) electrons. The lowest BCUT2D eigenvalue weighted by atomic mass is 9.81. The van der Waals surface area contributed by atoms with Gasteiger partial charge in [-0.2, -0.15) is 0 Å². The number of hydrogen-bond acceptors (Lipinski definition) is 2. The molecule has 1 atom stereocenters. The highest BCUT2D eigenvalue weighted by molar-refractivity contribution is 6.59. The maximum atomic E-state index is 12.0. The highest BCUT2D eigenvalue weighted by Gasteiger charge is 2.53. The third-order valence-corrected chi connectivity index (χ3v) is 3.60. The summed E-state index contributed by atoms with van der Waals surface area (Å²) in [6.07, 6.45) is 1.03. The lowest BCUT2D eigenvalue weighted by Crippen LogP contribution is -2.41. The van der Waals surface area contributed by atoms with Gasteiger partial charge in [0.1, 0.15) is 0 Å². The van der Waals surface area contributed by atoms with Gasteiger partial charge in [0.05, 0.1) is 23.2 Å². The van der Waals surface area contributed by atoms with Crippen LogP contribution in [-0.2, 0) is 9.31 Å². The molecule has 0 unspecified atom stereocenters. The van der Waals surface area contributed by atoms with Crippen molar-refractivity contribution in [3.05, 3.63) is 0 Å². The molecule has 1 rings (SSSR count). The van der Waals surface area contributed by atoms with Crippen molar-refractivity contribution in [1.29, 1.82) is 0 Å². The van der Waals surface area contributed by atoms with Gasteiger partial charge in [-0.3, -0.25) is 4.39 Å². The molecule has 0 aromatic rings. The number of alkyl halides is 2. The Balaban J connectivity index is 2.54. The molecule has 0 bridgehead atoms. The molecule has 2 nitrogen and oxygen atoms in total. The van der Waals surface area contributed by atoms with Gasteiger partial charge in [0.2, 0.25) is 0 Å². The summed E-state index contributed by atoms with van der Waals surface area (Å²) in [5, 5.41) is -0.276. The summed E-state index contributed by atoms with van der Waals surface area (Å²) in [7, 11) is -0.428. The zero-order valence-electron chi connectivity index (χ0n) is 9.85. The highest BCUT2D eigenvalue weighted by atomic mass is 35.5. The molecular formula is C10H19BClFO2. The van der Waals surface area contributed by atoms with Crippen molar-refractivity contribution in [2.24, 2.45) is 0 Å². The molecule has 88 valence electrons. The van der Waals surface area contributed by atoms with Crippen molar-refractivity contribution in [1.82, 2.24) is 0 Å². The van der Waals surface area contributed by atoms with E-state index >= 15 is 0 Å². The fraction of sp³-hybridized carbons (Fsp3) is 1.00. The molecule has 0 aliphatic carbocycles. The fourth-order valence-electron chi connectivity index (χ4n) is 1.44. The Kier molecular flexibility index (Phi) is 4.07. The predicted octanol–water partition coefficient (Wildman–Crippen LogP) is 2.97. The van der Waals surface area contributed by atoms with Gasteiger partial charge in [0, 0.05) is 0 Å². The third kappa shape index (κ3) is 2.86. The van der Waals surface area contributed by atoms with Crippen LogP contribution in [0, 0.1) is 0 Å². The fourth-order valence-corrected chi connectivity index (χ4v) is 1.70. The average Bonchev–Trinajstić information content (AvgIpc) is 2.32. The summed E-state index contributed by atoms with van der Waals surface area (Å²) in [6.45, 7) is 7.57. The van der Waals surface area contributed by atoms with Crippen LogP contribution < -0.4 is 0 Å². The summed E-state index contributed by atoms with van der Waals surface area (Å²) >= 11 is 6.10. The largest absolute Gasteiger partial charge is 0.476 e.